The van der Waals surface area contributed by atoms with Gasteiger partial charge in [0.25, 0.3) is 0 Å². The van der Waals surface area contributed by atoms with E-state index in [0.29, 0.717) is 54.6 Å². The molecule has 0 saturated heterocycles. The van der Waals surface area contributed by atoms with Gasteiger partial charge in [-0.05, 0) is 91.4 Å². The summed E-state index contributed by atoms with van der Waals surface area (Å²) in [4.78, 5) is 23.8. The summed E-state index contributed by atoms with van der Waals surface area (Å²) in [7, 11) is 1.42. The van der Waals surface area contributed by atoms with Crippen LogP contribution in [0.1, 0.15) is 71.6 Å². The maximum absolute atomic E-state index is 12.1. The molecule has 0 aromatic carbocycles. The molecule has 0 heterocycles. The minimum atomic E-state index is -0.749. The molecule has 0 aliphatic heterocycles. The number of carbonyl (C=O) groups excluding carboxylic acids is 2. The lowest BCUT2D eigenvalue weighted by atomic mass is 9.46. The van der Waals surface area contributed by atoms with E-state index in [9.17, 15) is 14.7 Å². The third kappa shape index (κ3) is 2.33. The highest BCUT2D eigenvalue weighted by atomic mass is 16.5. The van der Waals surface area contributed by atoms with Crippen molar-refractivity contribution >= 4 is 11.8 Å². The van der Waals surface area contributed by atoms with E-state index in [-0.39, 0.29) is 16.8 Å². The lowest BCUT2D eigenvalue weighted by molar-refractivity contribution is -0.150. The van der Waals surface area contributed by atoms with Crippen LogP contribution < -0.4 is 0 Å². The fraction of sp³-hybridized carbons (Fsp3) is 0.833. The quantitative estimate of drug-likeness (QED) is 0.743. The maximum atomic E-state index is 12.1. The van der Waals surface area contributed by atoms with Gasteiger partial charge in [-0.15, -0.1) is 0 Å². The zero-order chi connectivity index (χ0) is 19.9. The Bertz CT molecular complexity index is 756. The van der Waals surface area contributed by atoms with Gasteiger partial charge in [-0.2, -0.15) is 0 Å². The summed E-state index contributed by atoms with van der Waals surface area (Å²) in [6.07, 6.45) is 9.86. The van der Waals surface area contributed by atoms with Crippen molar-refractivity contribution < 1.29 is 19.4 Å². The van der Waals surface area contributed by atoms with Crippen molar-refractivity contribution in [3.63, 3.8) is 0 Å². The van der Waals surface area contributed by atoms with E-state index < -0.39 is 5.60 Å². The molecule has 0 bridgehead atoms. The summed E-state index contributed by atoms with van der Waals surface area (Å²) in [6, 6.07) is 0. The Kier molecular flexibility index (Phi) is 3.99. The highest BCUT2D eigenvalue weighted by Crippen LogP contribution is 2.75. The van der Waals surface area contributed by atoms with Gasteiger partial charge in [0.15, 0.2) is 5.78 Å². The second-order valence-electron chi connectivity index (χ2n) is 10.9. The second kappa shape index (κ2) is 5.93. The van der Waals surface area contributed by atoms with Gasteiger partial charge in [0.2, 0.25) is 0 Å². The average molecular weight is 387 g/mol. The number of ketones is 1. The van der Waals surface area contributed by atoms with E-state index >= 15 is 0 Å². The number of rotatable bonds is 3. The number of hydrogen-bond acceptors (Lipinski definition) is 4. The lowest BCUT2D eigenvalue weighted by Gasteiger charge is -2.59. The van der Waals surface area contributed by atoms with Crippen molar-refractivity contribution in [2.75, 3.05) is 7.11 Å². The topological polar surface area (TPSA) is 63.6 Å². The van der Waals surface area contributed by atoms with Gasteiger partial charge in [0.05, 0.1) is 12.7 Å². The minimum absolute atomic E-state index is 0.0998. The maximum Gasteiger partial charge on any atom is 0.305 e. The number of hydrogen-bond donors (Lipinski definition) is 1. The van der Waals surface area contributed by atoms with E-state index in [4.69, 9.17) is 4.74 Å². The summed E-state index contributed by atoms with van der Waals surface area (Å²) in [5.74, 6) is 3.30. The predicted octanol–water partition coefficient (Wildman–Crippen LogP) is 4.06. The first kappa shape index (κ1) is 18.8. The van der Waals surface area contributed by atoms with E-state index in [1.54, 1.807) is 0 Å². The monoisotopic (exact) mass is 386 g/mol. The van der Waals surface area contributed by atoms with Gasteiger partial charge >= 0.3 is 5.97 Å². The zero-order valence-electron chi connectivity index (χ0n) is 17.5. The molecular formula is C24H34O4. The Balaban J connectivity index is 1.45. The lowest BCUT2D eigenvalue weighted by Crippen LogP contribution is -2.55. The average Bonchev–Trinajstić information content (AvgIpc) is 3.41. The Hall–Kier alpha value is -1.16. The Labute approximate surface area is 168 Å². The highest BCUT2D eigenvalue weighted by Gasteiger charge is 2.69. The molecule has 0 amide bonds. The minimum Gasteiger partial charge on any atom is -0.469 e. The summed E-state index contributed by atoms with van der Waals surface area (Å²) in [5, 5.41) is 11.6. The summed E-state index contributed by atoms with van der Waals surface area (Å²) >= 11 is 0. The van der Waals surface area contributed by atoms with Crippen LogP contribution in [0.15, 0.2) is 11.6 Å². The normalized spacial score (nSPS) is 51.4. The van der Waals surface area contributed by atoms with E-state index in [1.165, 1.54) is 19.1 Å². The van der Waals surface area contributed by atoms with Crippen molar-refractivity contribution in [2.24, 2.45) is 40.4 Å². The fourth-order valence-electron chi connectivity index (χ4n) is 8.33. The molecule has 0 aromatic heterocycles. The molecule has 1 N–H and O–H groups in total. The number of esters is 1. The number of fused-ring (bicyclic) bond motifs is 8. The van der Waals surface area contributed by atoms with Crippen molar-refractivity contribution in [1.29, 1.82) is 0 Å². The molecule has 4 saturated carbocycles. The van der Waals surface area contributed by atoms with Crippen LogP contribution >= 0.6 is 0 Å². The SMILES string of the molecule is COC(=O)CC[C@]1(O)CC[C@H]2[C@@H]3[C@H]4C[C@H]4C4=CC(=O)CC[C@]4(C)[C@H]3CC[C@@]21C. The molecule has 4 nitrogen and oxygen atoms in total. The molecule has 8 atom stereocenters. The van der Waals surface area contributed by atoms with Crippen LogP contribution in [0.25, 0.3) is 0 Å². The van der Waals surface area contributed by atoms with Crippen molar-refractivity contribution in [1.82, 2.24) is 0 Å². The van der Waals surface area contributed by atoms with E-state index in [0.717, 1.165) is 32.1 Å². The molecule has 0 spiro atoms. The zero-order valence-corrected chi connectivity index (χ0v) is 17.5. The van der Waals surface area contributed by atoms with Gasteiger partial charge in [0, 0.05) is 12.8 Å². The summed E-state index contributed by atoms with van der Waals surface area (Å²) in [6.45, 7) is 4.73. The van der Waals surface area contributed by atoms with Crippen molar-refractivity contribution in [3.05, 3.63) is 11.6 Å². The largest absolute Gasteiger partial charge is 0.469 e. The van der Waals surface area contributed by atoms with Crippen LogP contribution in [0.5, 0.6) is 0 Å². The van der Waals surface area contributed by atoms with Crippen LogP contribution in [0.2, 0.25) is 0 Å². The highest BCUT2D eigenvalue weighted by molar-refractivity contribution is 5.92. The van der Waals surface area contributed by atoms with Crippen LogP contribution in [0.4, 0.5) is 0 Å². The third-order valence-corrected chi connectivity index (χ3v) is 10.0. The van der Waals surface area contributed by atoms with Crippen LogP contribution in [-0.4, -0.2) is 29.6 Å². The Morgan fingerprint density at radius 1 is 1.21 bits per heavy atom. The van der Waals surface area contributed by atoms with E-state index in [2.05, 4.69) is 13.8 Å². The molecule has 0 radical (unpaired) electrons. The first-order valence-electron chi connectivity index (χ1n) is 11.3. The molecule has 154 valence electrons. The molecule has 0 unspecified atom stereocenters. The van der Waals surface area contributed by atoms with Crippen LogP contribution in [-0.2, 0) is 14.3 Å². The van der Waals surface area contributed by atoms with E-state index in [1.807, 2.05) is 6.08 Å². The van der Waals surface area contributed by atoms with Gasteiger partial charge in [-0.1, -0.05) is 19.4 Å². The van der Waals surface area contributed by atoms with Crippen molar-refractivity contribution in [2.45, 2.75) is 77.2 Å². The van der Waals surface area contributed by atoms with Crippen molar-refractivity contribution in [3.8, 4) is 0 Å². The number of ether oxygens (including phenoxy) is 1. The number of allylic oxidation sites excluding steroid dienone is 1. The van der Waals surface area contributed by atoms with Gasteiger partial charge in [0.1, 0.15) is 0 Å². The Morgan fingerprint density at radius 3 is 2.71 bits per heavy atom. The second-order valence-corrected chi connectivity index (χ2v) is 10.9. The molecule has 28 heavy (non-hydrogen) atoms. The first-order valence-corrected chi connectivity index (χ1v) is 11.3. The predicted molar refractivity (Wildman–Crippen MR) is 105 cm³/mol. The molecule has 0 aromatic rings. The molecule has 5 aliphatic carbocycles. The number of aliphatic hydroxyl groups is 1. The number of carbonyl (C=O) groups is 2. The molecule has 4 fully saturated rings. The van der Waals surface area contributed by atoms with Gasteiger partial charge in [-0.25, -0.2) is 0 Å². The fourth-order valence-corrected chi connectivity index (χ4v) is 8.33. The Morgan fingerprint density at radius 2 is 1.96 bits per heavy atom. The van der Waals surface area contributed by atoms with Gasteiger partial charge < -0.3 is 9.84 Å². The molecule has 5 aliphatic rings. The summed E-state index contributed by atoms with van der Waals surface area (Å²) in [5.41, 5.74) is 0.806. The molecule has 5 rings (SSSR count). The molecule has 4 heteroatoms. The van der Waals surface area contributed by atoms with Gasteiger partial charge in [-0.3, -0.25) is 9.59 Å². The molecular weight excluding hydrogens is 352 g/mol. The third-order valence-electron chi connectivity index (χ3n) is 10.0. The van der Waals surface area contributed by atoms with Crippen LogP contribution in [0.3, 0.4) is 0 Å². The standard InChI is InChI=1S/C24H34O4/c1-22-8-4-14(25)12-19(22)15-13-16(15)21-17(22)5-9-23(2)18(21)6-10-24(23,27)11-7-20(26)28-3/h12,15-18,21,27H,4-11,13H2,1-3H3/t15-,16+,17+,18+,21-,22-,23+,24-/m1/s1. The smallest absolute Gasteiger partial charge is 0.305 e. The first-order chi connectivity index (χ1) is 13.2. The summed E-state index contributed by atoms with van der Waals surface area (Å²) < 4.78 is 4.83. The van der Waals surface area contributed by atoms with Crippen LogP contribution in [0, 0.1) is 40.4 Å². The number of methoxy groups -OCH3 is 1.